The molecule has 0 unspecified atom stereocenters. The fourth-order valence-electron chi connectivity index (χ4n) is 3.49. The molecule has 6 nitrogen and oxygen atoms in total. The first-order valence-electron chi connectivity index (χ1n) is 13.2. The Bertz CT molecular complexity index is 739. The van der Waals surface area contributed by atoms with E-state index in [1.807, 2.05) is 24.3 Å². The number of hydrogen-bond acceptors (Lipinski definition) is 6. The summed E-state index contributed by atoms with van der Waals surface area (Å²) in [4.78, 5) is 9.03. The second kappa shape index (κ2) is 19.2. The normalized spacial score (nSPS) is 11.0. The highest BCUT2D eigenvalue weighted by Crippen LogP contribution is 2.27. The summed E-state index contributed by atoms with van der Waals surface area (Å²) >= 11 is 0. The quantitative estimate of drug-likeness (QED) is 0.185. The molecule has 1 aromatic carbocycles. The van der Waals surface area contributed by atoms with Gasteiger partial charge in [-0.2, -0.15) is 0 Å². The maximum absolute atomic E-state index is 6.05. The molecule has 1 aromatic heterocycles. The standard InChI is InChI=1S/C28H44N2O4/c1-3-17-31-19-11-5-7-13-21-33-25-23-29-28(30-24-25)26-15-9-10-16-27(26)34-22-14-8-6-12-20-32-18-4-2/h9-10,15-16,23-24H,3-8,11-14,17-22H2,1-2H3. The lowest BCUT2D eigenvalue weighted by atomic mass is 10.2. The molecule has 0 N–H and O–H groups in total. The van der Waals surface area contributed by atoms with Gasteiger partial charge in [0.05, 0.1) is 31.2 Å². The van der Waals surface area contributed by atoms with Crippen LogP contribution in [-0.4, -0.2) is 49.6 Å². The molecule has 2 aromatic rings. The number of rotatable bonds is 21. The fraction of sp³-hybridized carbons (Fsp3) is 0.643. The molecule has 0 aliphatic heterocycles. The van der Waals surface area contributed by atoms with E-state index in [9.17, 15) is 0 Å². The summed E-state index contributed by atoms with van der Waals surface area (Å²) in [6.45, 7) is 9.11. The maximum atomic E-state index is 6.05. The van der Waals surface area contributed by atoms with Gasteiger partial charge in [0.2, 0.25) is 0 Å². The van der Waals surface area contributed by atoms with E-state index in [0.29, 0.717) is 24.8 Å². The predicted octanol–water partition coefficient (Wildman–Crippen LogP) is 6.88. The molecular weight excluding hydrogens is 428 g/mol. The molecule has 0 amide bonds. The van der Waals surface area contributed by atoms with Crippen molar-refractivity contribution in [2.75, 3.05) is 39.6 Å². The molecule has 0 bridgehead atoms. The Hall–Kier alpha value is -2.18. The summed E-state index contributed by atoms with van der Waals surface area (Å²) in [5, 5.41) is 0. The monoisotopic (exact) mass is 472 g/mol. The van der Waals surface area contributed by atoms with Crippen LogP contribution in [0.25, 0.3) is 11.4 Å². The first-order valence-corrected chi connectivity index (χ1v) is 13.2. The number of unbranched alkanes of at least 4 members (excludes halogenated alkanes) is 6. The molecule has 6 heteroatoms. The zero-order chi connectivity index (χ0) is 24.1. The largest absolute Gasteiger partial charge is 0.493 e. The van der Waals surface area contributed by atoms with Crippen LogP contribution in [0.1, 0.15) is 78.1 Å². The highest BCUT2D eigenvalue weighted by molar-refractivity contribution is 5.63. The third-order valence-corrected chi connectivity index (χ3v) is 5.35. The van der Waals surface area contributed by atoms with Crippen LogP contribution in [0.2, 0.25) is 0 Å². The summed E-state index contributed by atoms with van der Waals surface area (Å²) in [5.74, 6) is 2.19. The summed E-state index contributed by atoms with van der Waals surface area (Å²) in [7, 11) is 0. The van der Waals surface area contributed by atoms with Crippen molar-refractivity contribution in [1.29, 1.82) is 0 Å². The van der Waals surface area contributed by atoms with Crippen LogP contribution < -0.4 is 9.47 Å². The average molecular weight is 473 g/mol. The summed E-state index contributed by atoms with van der Waals surface area (Å²) < 4.78 is 22.9. The van der Waals surface area contributed by atoms with Crippen molar-refractivity contribution in [3.63, 3.8) is 0 Å². The van der Waals surface area contributed by atoms with E-state index >= 15 is 0 Å². The van der Waals surface area contributed by atoms with Crippen LogP contribution in [0, 0.1) is 0 Å². The Labute approximate surface area is 206 Å². The Morgan fingerprint density at radius 3 is 1.71 bits per heavy atom. The van der Waals surface area contributed by atoms with Crippen LogP contribution in [0.15, 0.2) is 36.7 Å². The van der Waals surface area contributed by atoms with E-state index in [0.717, 1.165) is 89.1 Å². The molecule has 1 heterocycles. The first-order chi connectivity index (χ1) is 16.8. The molecule has 0 fully saturated rings. The number of nitrogens with zero attached hydrogens (tertiary/aromatic N) is 2. The van der Waals surface area contributed by atoms with Crippen molar-refractivity contribution < 1.29 is 18.9 Å². The van der Waals surface area contributed by atoms with Gasteiger partial charge in [0.25, 0.3) is 0 Å². The van der Waals surface area contributed by atoms with Gasteiger partial charge in [-0.25, -0.2) is 9.97 Å². The molecule has 0 radical (unpaired) electrons. The van der Waals surface area contributed by atoms with Crippen molar-refractivity contribution in [3.8, 4) is 22.9 Å². The molecule has 0 aliphatic carbocycles. The Kier molecular flexibility index (Phi) is 15.8. The van der Waals surface area contributed by atoms with E-state index in [4.69, 9.17) is 18.9 Å². The van der Waals surface area contributed by atoms with Gasteiger partial charge in [-0.05, 0) is 63.5 Å². The van der Waals surface area contributed by atoms with E-state index < -0.39 is 0 Å². The fourth-order valence-corrected chi connectivity index (χ4v) is 3.49. The summed E-state index contributed by atoms with van der Waals surface area (Å²) in [6.07, 6.45) is 14.6. The van der Waals surface area contributed by atoms with Crippen LogP contribution >= 0.6 is 0 Å². The summed E-state index contributed by atoms with van der Waals surface area (Å²) in [5.41, 5.74) is 0.910. The minimum atomic E-state index is 0.656. The van der Waals surface area contributed by atoms with Gasteiger partial charge in [0.15, 0.2) is 11.6 Å². The maximum Gasteiger partial charge on any atom is 0.163 e. The van der Waals surface area contributed by atoms with Crippen molar-refractivity contribution in [2.45, 2.75) is 78.1 Å². The number of benzene rings is 1. The van der Waals surface area contributed by atoms with Crippen LogP contribution in [0.3, 0.4) is 0 Å². The second-order valence-electron chi connectivity index (χ2n) is 8.49. The lowest BCUT2D eigenvalue weighted by Gasteiger charge is -2.11. The Balaban J connectivity index is 1.66. The molecule has 0 atom stereocenters. The number of aromatic nitrogens is 2. The van der Waals surface area contributed by atoms with Gasteiger partial charge < -0.3 is 18.9 Å². The number of hydrogen-bond donors (Lipinski definition) is 0. The van der Waals surface area contributed by atoms with E-state index in [1.165, 1.54) is 12.8 Å². The molecule has 190 valence electrons. The highest BCUT2D eigenvalue weighted by atomic mass is 16.5. The molecule has 0 spiro atoms. The van der Waals surface area contributed by atoms with E-state index in [2.05, 4.69) is 23.8 Å². The lowest BCUT2D eigenvalue weighted by molar-refractivity contribution is 0.130. The van der Waals surface area contributed by atoms with Crippen molar-refractivity contribution in [2.24, 2.45) is 0 Å². The SMILES string of the molecule is CCCOCCCCCCOc1cnc(-c2ccccc2OCCCCCCOCCC)nc1. The molecule has 2 rings (SSSR count). The minimum absolute atomic E-state index is 0.656. The Morgan fingerprint density at radius 1 is 0.588 bits per heavy atom. The second-order valence-corrected chi connectivity index (χ2v) is 8.49. The zero-order valence-corrected chi connectivity index (χ0v) is 21.3. The molecule has 34 heavy (non-hydrogen) atoms. The molecule has 0 saturated heterocycles. The van der Waals surface area contributed by atoms with Gasteiger partial charge in [-0.1, -0.05) is 38.8 Å². The smallest absolute Gasteiger partial charge is 0.163 e. The van der Waals surface area contributed by atoms with Crippen LogP contribution in [0.4, 0.5) is 0 Å². The zero-order valence-electron chi connectivity index (χ0n) is 21.3. The van der Waals surface area contributed by atoms with Gasteiger partial charge in [0, 0.05) is 26.4 Å². The molecule has 0 saturated carbocycles. The topological polar surface area (TPSA) is 62.7 Å². The van der Waals surface area contributed by atoms with E-state index in [1.54, 1.807) is 12.4 Å². The van der Waals surface area contributed by atoms with Crippen LogP contribution in [-0.2, 0) is 9.47 Å². The first kappa shape index (κ1) is 28.1. The highest BCUT2D eigenvalue weighted by Gasteiger charge is 2.09. The van der Waals surface area contributed by atoms with Gasteiger partial charge in [-0.3, -0.25) is 0 Å². The van der Waals surface area contributed by atoms with Gasteiger partial charge >= 0.3 is 0 Å². The number of para-hydroxylation sites is 1. The number of ether oxygens (including phenoxy) is 4. The van der Waals surface area contributed by atoms with Gasteiger partial charge in [0.1, 0.15) is 5.75 Å². The molecule has 0 aliphatic rings. The minimum Gasteiger partial charge on any atom is -0.493 e. The van der Waals surface area contributed by atoms with Crippen molar-refractivity contribution >= 4 is 0 Å². The van der Waals surface area contributed by atoms with Crippen molar-refractivity contribution in [1.82, 2.24) is 9.97 Å². The van der Waals surface area contributed by atoms with Crippen LogP contribution in [0.5, 0.6) is 11.5 Å². The van der Waals surface area contributed by atoms with E-state index in [-0.39, 0.29) is 0 Å². The predicted molar refractivity (Wildman–Crippen MR) is 138 cm³/mol. The lowest BCUT2D eigenvalue weighted by Crippen LogP contribution is -2.02. The summed E-state index contributed by atoms with van der Waals surface area (Å²) in [6, 6.07) is 7.95. The molecular formula is C28H44N2O4. The third-order valence-electron chi connectivity index (χ3n) is 5.35. The Morgan fingerprint density at radius 2 is 1.12 bits per heavy atom. The average Bonchev–Trinajstić information content (AvgIpc) is 2.87. The van der Waals surface area contributed by atoms with Gasteiger partial charge in [-0.15, -0.1) is 0 Å². The third kappa shape index (κ3) is 12.3. The van der Waals surface area contributed by atoms with Crippen molar-refractivity contribution in [3.05, 3.63) is 36.7 Å².